The van der Waals surface area contributed by atoms with Crippen LogP contribution in [0, 0.1) is 0 Å². The van der Waals surface area contributed by atoms with Crippen molar-refractivity contribution in [2.24, 2.45) is 0 Å². The van der Waals surface area contributed by atoms with E-state index in [0.717, 1.165) is 19.5 Å². The number of piperidine rings is 1. The normalized spacial score (nSPS) is 21.9. The molecule has 0 aromatic carbocycles. The Balaban J connectivity index is 1.99. The molecule has 0 unspecified atom stereocenters. The summed E-state index contributed by atoms with van der Waals surface area (Å²) in [6.45, 7) is 2.03. The smallest absolute Gasteiger partial charge is 0.168 e. The summed E-state index contributed by atoms with van der Waals surface area (Å²) in [5, 5.41) is 16.0. The van der Waals surface area contributed by atoms with Gasteiger partial charge < -0.3 is 15.7 Å². The fraction of sp³-hybridized carbons (Fsp3) is 0.500. The van der Waals surface area contributed by atoms with E-state index in [2.05, 4.69) is 15.6 Å². The molecular formula is C10H15N3O. The first-order chi connectivity index (χ1) is 6.86. The van der Waals surface area contributed by atoms with Crippen LogP contribution in [0.1, 0.15) is 12.8 Å². The third-order valence-corrected chi connectivity index (χ3v) is 2.42. The maximum Gasteiger partial charge on any atom is 0.168 e. The second kappa shape index (κ2) is 4.28. The fourth-order valence-corrected chi connectivity index (χ4v) is 1.68. The summed E-state index contributed by atoms with van der Waals surface area (Å²) in [5.41, 5.74) is 0. The van der Waals surface area contributed by atoms with Crippen molar-refractivity contribution in [1.82, 2.24) is 10.3 Å². The molecule has 4 nitrogen and oxygen atoms in total. The SMILES string of the molecule is Oc1cccnc1N[C@H]1CCCNC1. The molecule has 0 amide bonds. The lowest BCUT2D eigenvalue weighted by Crippen LogP contribution is -2.38. The van der Waals surface area contributed by atoms with Crippen molar-refractivity contribution in [3.05, 3.63) is 18.3 Å². The Hall–Kier alpha value is -1.29. The molecular weight excluding hydrogens is 178 g/mol. The first-order valence-corrected chi connectivity index (χ1v) is 4.97. The Kier molecular flexibility index (Phi) is 2.84. The molecule has 2 heterocycles. The number of aromatic nitrogens is 1. The zero-order valence-electron chi connectivity index (χ0n) is 8.03. The van der Waals surface area contributed by atoms with E-state index in [1.807, 2.05) is 0 Å². The molecule has 1 aromatic heterocycles. The van der Waals surface area contributed by atoms with Crippen molar-refractivity contribution in [3.63, 3.8) is 0 Å². The molecule has 14 heavy (non-hydrogen) atoms. The number of nitrogens with zero attached hydrogens (tertiary/aromatic N) is 1. The minimum absolute atomic E-state index is 0.220. The highest BCUT2D eigenvalue weighted by Crippen LogP contribution is 2.20. The van der Waals surface area contributed by atoms with Gasteiger partial charge >= 0.3 is 0 Å². The molecule has 76 valence electrons. The Morgan fingerprint density at radius 2 is 2.50 bits per heavy atom. The number of hydrogen-bond donors (Lipinski definition) is 3. The predicted molar refractivity (Wildman–Crippen MR) is 55.4 cm³/mol. The highest BCUT2D eigenvalue weighted by molar-refractivity contribution is 5.49. The number of rotatable bonds is 2. The number of hydrogen-bond acceptors (Lipinski definition) is 4. The molecule has 1 aromatic rings. The quantitative estimate of drug-likeness (QED) is 0.654. The minimum Gasteiger partial charge on any atom is -0.504 e. The van der Waals surface area contributed by atoms with Gasteiger partial charge in [-0.15, -0.1) is 0 Å². The molecule has 0 radical (unpaired) electrons. The summed E-state index contributed by atoms with van der Waals surface area (Å²) in [4.78, 5) is 4.08. The van der Waals surface area contributed by atoms with Gasteiger partial charge in [-0.05, 0) is 31.5 Å². The predicted octanol–water partition coefficient (Wildman–Crippen LogP) is 0.951. The van der Waals surface area contributed by atoms with Gasteiger partial charge in [-0.3, -0.25) is 0 Å². The minimum atomic E-state index is 0.220. The molecule has 1 aliphatic rings. The van der Waals surface area contributed by atoms with E-state index in [-0.39, 0.29) is 5.75 Å². The van der Waals surface area contributed by atoms with Crippen LogP contribution in [0.5, 0.6) is 5.75 Å². The Bertz CT molecular complexity index is 297. The summed E-state index contributed by atoms with van der Waals surface area (Å²) in [6.07, 6.45) is 3.98. The molecule has 1 aliphatic heterocycles. The van der Waals surface area contributed by atoms with Gasteiger partial charge in [0.15, 0.2) is 11.6 Å². The van der Waals surface area contributed by atoms with E-state index in [9.17, 15) is 5.11 Å². The lowest BCUT2D eigenvalue weighted by atomic mass is 10.1. The lowest BCUT2D eigenvalue weighted by Gasteiger charge is -2.24. The summed E-state index contributed by atoms with van der Waals surface area (Å²) in [7, 11) is 0. The molecule has 1 saturated heterocycles. The van der Waals surface area contributed by atoms with Crippen molar-refractivity contribution >= 4 is 5.82 Å². The van der Waals surface area contributed by atoms with Gasteiger partial charge in [0.25, 0.3) is 0 Å². The third-order valence-electron chi connectivity index (χ3n) is 2.42. The van der Waals surface area contributed by atoms with Crippen molar-refractivity contribution in [1.29, 1.82) is 0 Å². The molecule has 0 saturated carbocycles. The largest absolute Gasteiger partial charge is 0.504 e. The van der Waals surface area contributed by atoms with Crippen LogP contribution in [0.2, 0.25) is 0 Å². The molecule has 1 atom stereocenters. The first kappa shape index (κ1) is 9.27. The van der Waals surface area contributed by atoms with Crippen LogP contribution in [-0.4, -0.2) is 29.2 Å². The van der Waals surface area contributed by atoms with E-state index < -0.39 is 0 Å². The Labute approximate surface area is 83.4 Å². The van der Waals surface area contributed by atoms with E-state index in [1.165, 1.54) is 6.42 Å². The summed E-state index contributed by atoms with van der Waals surface area (Å²) in [5.74, 6) is 0.805. The third kappa shape index (κ3) is 2.14. The molecule has 0 bridgehead atoms. The number of aromatic hydroxyl groups is 1. The van der Waals surface area contributed by atoms with Crippen LogP contribution in [-0.2, 0) is 0 Å². The molecule has 1 fully saturated rings. The van der Waals surface area contributed by atoms with Crippen molar-refractivity contribution in [2.75, 3.05) is 18.4 Å². The standard InChI is InChI=1S/C10H15N3O/c14-9-4-2-6-12-10(9)13-8-3-1-5-11-7-8/h2,4,6,8,11,14H,1,3,5,7H2,(H,12,13)/t8-/m0/s1. The van der Waals surface area contributed by atoms with Crippen LogP contribution < -0.4 is 10.6 Å². The Morgan fingerprint density at radius 3 is 3.21 bits per heavy atom. The summed E-state index contributed by atoms with van der Waals surface area (Å²) >= 11 is 0. The number of anilines is 1. The highest BCUT2D eigenvalue weighted by atomic mass is 16.3. The first-order valence-electron chi connectivity index (χ1n) is 4.97. The second-order valence-corrected chi connectivity index (χ2v) is 3.56. The van der Waals surface area contributed by atoms with Crippen molar-refractivity contribution in [3.8, 4) is 5.75 Å². The van der Waals surface area contributed by atoms with Crippen LogP contribution in [0.3, 0.4) is 0 Å². The van der Waals surface area contributed by atoms with Gasteiger partial charge in [-0.2, -0.15) is 0 Å². The molecule has 3 N–H and O–H groups in total. The van der Waals surface area contributed by atoms with Crippen molar-refractivity contribution in [2.45, 2.75) is 18.9 Å². The fourth-order valence-electron chi connectivity index (χ4n) is 1.68. The van der Waals surface area contributed by atoms with Crippen LogP contribution in [0.15, 0.2) is 18.3 Å². The van der Waals surface area contributed by atoms with E-state index >= 15 is 0 Å². The molecule has 0 spiro atoms. The lowest BCUT2D eigenvalue weighted by molar-refractivity contribution is 0.460. The molecule has 2 rings (SSSR count). The highest BCUT2D eigenvalue weighted by Gasteiger charge is 2.13. The van der Waals surface area contributed by atoms with E-state index in [1.54, 1.807) is 18.3 Å². The van der Waals surface area contributed by atoms with Gasteiger partial charge in [0.05, 0.1) is 0 Å². The molecule has 0 aliphatic carbocycles. The van der Waals surface area contributed by atoms with Gasteiger partial charge in [-0.1, -0.05) is 0 Å². The second-order valence-electron chi connectivity index (χ2n) is 3.56. The summed E-state index contributed by atoms with van der Waals surface area (Å²) in [6, 6.07) is 3.75. The van der Waals surface area contributed by atoms with Crippen LogP contribution in [0.4, 0.5) is 5.82 Å². The van der Waals surface area contributed by atoms with E-state index in [4.69, 9.17) is 0 Å². The topological polar surface area (TPSA) is 57.2 Å². The maximum atomic E-state index is 9.50. The average Bonchev–Trinajstić information content (AvgIpc) is 2.23. The summed E-state index contributed by atoms with van der Waals surface area (Å²) < 4.78 is 0. The van der Waals surface area contributed by atoms with Crippen LogP contribution >= 0.6 is 0 Å². The molecule has 4 heteroatoms. The zero-order valence-corrected chi connectivity index (χ0v) is 8.03. The van der Waals surface area contributed by atoms with Gasteiger partial charge in [-0.25, -0.2) is 4.98 Å². The van der Waals surface area contributed by atoms with Gasteiger partial charge in [0, 0.05) is 18.8 Å². The maximum absolute atomic E-state index is 9.50. The van der Waals surface area contributed by atoms with Crippen molar-refractivity contribution < 1.29 is 5.11 Å². The van der Waals surface area contributed by atoms with Crippen LogP contribution in [0.25, 0.3) is 0 Å². The monoisotopic (exact) mass is 193 g/mol. The number of nitrogens with one attached hydrogen (secondary N) is 2. The average molecular weight is 193 g/mol. The van der Waals surface area contributed by atoms with Gasteiger partial charge in [0.1, 0.15) is 0 Å². The number of pyridine rings is 1. The zero-order chi connectivity index (χ0) is 9.80. The van der Waals surface area contributed by atoms with E-state index in [0.29, 0.717) is 11.9 Å². The van der Waals surface area contributed by atoms with Gasteiger partial charge in [0.2, 0.25) is 0 Å². The Morgan fingerprint density at radius 1 is 1.57 bits per heavy atom.